The van der Waals surface area contributed by atoms with Crippen molar-refractivity contribution >= 4 is 17.3 Å². The normalized spacial score (nSPS) is 12.2. The van der Waals surface area contributed by atoms with Crippen LogP contribution < -0.4 is 11.1 Å². The van der Waals surface area contributed by atoms with E-state index in [9.17, 15) is 19.3 Å². The fraction of sp³-hybridized carbons (Fsp3) is 0.500. The molecule has 0 spiro atoms. The van der Waals surface area contributed by atoms with Gasteiger partial charge in [0.15, 0.2) is 0 Å². The summed E-state index contributed by atoms with van der Waals surface area (Å²) in [5.74, 6) is -0.656. The second-order valence-corrected chi connectivity index (χ2v) is 5.40. The molecule has 0 radical (unpaired) electrons. The number of hydrogen-bond donors (Lipinski definition) is 2. The third-order valence-electron chi connectivity index (χ3n) is 3.04. The van der Waals surface area contributed by atoms with Crippen LogP contribution in [-0.2, 0) is 4.79 Å². The number of carbonyl (C=O) groups is 1. The van der Waals surface area contributed by atoms with E-state index in [1.165, 1.54) is 6.07 Å². The summed E-state index contributed by atoms with van der Waals surface area (Å²) >= 11 is 0. The Labute approximate surface area is 122 Å². The number of carbonyl (C=O) groups excluding carboxylic acids is 1. The Kier molecular flexibility index (Phi) is 6.23. The molecule has 0 fully saturated rings. The van der Waals surface area contributed by atoms with Gasteiger partial charge in [0, 0.05) is 6.42 Å². The van der Waals surface area contributed by atoms with E-state index in [1.54, 1.807) is 0 Å². The maximum atomic E-state index is 13.0. The van der Waals surface area contributed by atoms with E-state index in [1.807, 2.05) is 13.8 Å². The number of nitrogens with one attached hydrogen (secondary N) is 1. The zero-order chi connectivity index (χ0) is 16.0. The van der Waals surface area contributed by atoms with Crippen LogP contribution in [0.4, 0.5) is 15.8 Å². The number of anilines is 1. The number of nitrogens with two attached hydrogens (primary N) is 1. The molecule has 1 aromatic rings. The SMILES string of the molecule is CC(C)C[C@H](CN)CC(=O)Nc1ccc(F)cc1[N+](=O)[O-]. The first-order valence-electron chi connectivity index (χ1n) is 6.77. The lowest BCUT2D eigenvalue weighted by Gasteiger charge is -2.16. The van der Waals surface area contributed by atoms with Crippen LogP contribution in [0.1, 0.15) is 26.7 Å². The van der Waals surface area contributed by atoms with Crippen molar-refractivity contribution in [2.24, 2.45) is 17.6 Å². The monoisotopic (exact) mass is 297 g/mol. The lowest BCUT2D eigenvalue weighted by Crippen LogP contribution is -2.23. The summed E-state index contributed by atoms with van der Waals surface area (Å²) in [6.07, 6.45) is 0.985. The van der Waals surface area contributed by atoms with Gasteiger partial charge in [0.05, 0.1) is 11.0 Å². The zero-order valence-corrected chi connectivity index (χ0v) is 12.1. The number of nitrogens with zero attached hydrogens (tertiary/aromatic N) is 1. The highest BCUT2D eigenvalue weighted by atomic mass is 19.1. The first-order chi connectivity index (χ1) is 9.83. The highest BCUT2D eigenvalue weighted by Gasteiger charge is 2.19. The topological polar surface area (TPSA) is 98.3 Å². The van der Waals surface area contributed by atoms with Gasteiger partial charge in [-0.15, -0.1) is 0 Å². The Bertz CT molecular complexity index is 520. The molecule has 0 saturated heterocycles. The van der Waals surface area contributed by atoms with Crippen LogP contribution in [0.2, 0.25) is 0 Å². The van der Waals surface area contributed by atoms with E-state index >= 15 is 0 Å². The van der Waals surface area contributed by atoms with Crippen molar-refractivity contribution in [1.29, 1.82) is 0 Å². The second-order valence-electron chi connectivity index (χ2n) is 5.40. The van der Waals surface area contributed by atoms with Gasteiger partial charge in [0.25, 0.3) is 5.69 Å². The molecule has 1 rings (SSSR count). The van der Waals surface area contributed by atoms with E-state index < -0.39 is 16.4 Å². The Morgan fingerprint density at radius 1 is 1.48 bits per heavy atom. The zero-order valence-electron chi connectivity index (χ0n) is 12.1. The Morgan fingerprint density at radius 3 is 2.67 bits per heavy atom. The molecule has 7 heteroatoms. The van der Waals surface area contributed by atoms with Crippen LogP contribution in [0.15, 0.2) is 18.2 Å². The molecule has 116 valence electrons. The predicted octanol–water partition coefficient (Wildman–Crippen LogP) is 2.68. The standard InChI is InChI=1S/C14H20FN3O3/c1-9(2)5-10(8-16)6-14(19)17-12-4-3-11(15)7-13(12)18(20)21/h3-4,7,9-10H,5-6,8,16H2,1-2H3,(H,17,19)/t10-/m0/s1. The summed E-state index contributed by atoms with van der Waals surface area (Å²) in [7, 11) is 0. The molecule has 1 atom stereocenters. The highest BCUT2D eigenvalue weighted by Crippen LogP contribution is 2.25. The van der Waals surface area contributed by atoms with Crippen LogP contribution in [0.3, 0.4) is 0 Å². The minimum Gasteiger partial charge on any atom is -0.330 e. The fourth-order valence-corrected chi connectivity index (χ4v) is 2.15. The van der Waals surface area contributed by atoms with Gasteiger partial charge in [-0.25, -0.2) is 4.39 Å². The largest absolute Gasteiger partial charge is 0.330 e. The Balaban J connectivity index is 2.77. The molecule has 0 bridgehead atoms. The maximum absolute atomic E-state index is 13.0. The smallest absolute Gasteiger partial charge is 0.295 e. The van der Waals surface area contributed by atoms with Gasteiger partial charge in [-0.2, -0.15) is 0 Å². The minimum atomic E-state index is -0.729. The molecule has 1 aromatic carbocycles. The number of benzene rings is 1. The maximum Gasteiger partial charge on any atom is 0.295 e. The summed E-state index contributed by atoms with van der Waals surface area (Å²) in [4.78, 5) is 22.1. The molecular weight excluding hydrogens is 277 g/mol. The van der Waals surface area contributed by atoms with Gasteiger partial charge in [-0.3, -0.25) is 14.9 Å². The van der Waals surface area contributed by atoms with E-state index in [0.717, 1.165) is 18.6 Å². The third kappa shape index (κ3) is 5.47. The van der Waals surface area contributed by atoms with Crippen molar-refractivity contribution in [2.75, 3.05) is 11.9 Å². The Morgan fingerprint density at radius 2 is 2.14 bits per heavy atom. The molecule has 0 aliphatic heterocycles. The van der Waals surface area contributed by atoms with Crippen LogP contribution in [0, 0.1) is 27.8 Å². The molecule has 0 saturated carbocycles. The highest BCUT2D eigenvalue weighted by molar-refractivity contribution is 5.93. The summed E-state index contributed by atoms with van der Waals surface area (Å²) < 4.78 is 13.0. The van der Waals surface area contributed by atoms with Gasteiger partial charge >= 0.3 is 0 Å². The molecule has 3 N–H and O–H groups in total. The van der Waals surface area contributed by atoms with Gasteiger partial charge in [-0.1, -0.05) is 13.8 Å². The van der Waals surface area contributed by atoms with Crippen LogP contribution in [0.5, 0.6) is 0 Å². The molecule has 0 aromatic heterocycles. The number of amides is 1. The van der Waals surface area contributed by atoms with Crippen LogP contribution in [0.25, 0.3) is 0 Å². The van der Waals surface area contributed by atoms with Crippen LogP contribution in [-0.4, -0.2) is 17.4 Å². The Hall–Kier alpha value is -2.02. The number of halogens is 1. The number of hydrogen-bond acceptors (Lipinski definition) is 4. The van der Waals surface area contributed by atoms with Gasteiger partial charge in [-0.05, 0) is 36.9 Å². The summed E-state index contributed by atoms with van der Waals surface area (Å²) in [6, 6.07) is 3.03. The summed E-state index contributed by atoms with van der Waals surface area (Å²) in [6.45, 7) is 4.44. The third-order valence-corrected chi connectivity index (χ3v) is 3.04. The predicted molar refractivity (Wildman–Crippen MR) is 78.3 cm³/mol. The van der Waals surface area contributed by atoms with E-state index in [4.69, 9.17) is 5.73 Å². The van der Waals surface area contributed by atoms with E-state index in [-0.39, 0.29) is 23.9 Å². The fourth-order valence-electron chi connectivity index (χ4n) is 2.15. The van der Waals surface area contributed by atoms with Crippen molar-refractivity contribution in [3.05, 3.63) is 34.1 Å². The van der Waals surface area contributed by atoms with Gasteiger partial charge < -0.3 is 11.1 Å². The number of rotatable bonds is 7. The molecule has 6 nitrogen and oxygen atoms in total. The van der Waals surface area contributed by atoms with Crippen molar-refractivity contribution in [3.8, 4) is 0 Å². The lowest BCUT2D eigenvalue weighted by atomic mass is 9.94. The quantitative estimate of drug-likeness (QED) is 0.597. The lowest BCUT2D eigenvalue weighted by molar-refractivity contribution is -0.384. The molecule has 0 aliphatic carbocycles. The first kappa shape index (κ1) is 17.0. The minimum absolute atomic E-state index is 0.00767. The summed E-state index contributed by atoms with van der Waals surface area (Å²) in [5, 5.41) is 13.3. The average molecular weight is 297 g/mol. The van der Waals surface area contributed by atoms with Crippen molar-refractivity contribution in [1.82, 2.24) is 0 Å². The van der Waals surface area contributed by atoms with Crippen molar-refractivity contribution < 1.29 is 14.1 Å². The molecule has 0 aliphatic rings. The molecule has 21 heavy (non-hydrogen) atoms. The van der Waals surface area contributed by atoms with Crippen molar-refractivity contribution in [2.45, 2.75) is 26.7 Å². The average Bonchev–Trinajstić information content (AvgIpc) is 2.39. The second kappa shape index (κ2) is 7.68. The van der Waals surface area contributed by atoms with E-state index in [2.05, 4.69) is 5.32 Å². The van der Waals surface area contributed by atoms with Crippen LogP contribution >= 0.6 is 0 Å². The molecule has 0 unspecified atom stereocenters. The first-order valence-corrected chi connectivity index (χ1v) is 6.77. The molecule has 1 amide bonds. The van der Waals surface area contributed by atoms with Gasteiger partial charge in [0.1, 0.15) is 11.5 Å². The number of nitro benzene ring substituents is 1. The summed E-state index contributed by atoms with van der Waals surface area (Å²) in [5.41, 5.74) is 5.15. The molecular formula is C14H20FN3O3. The van der Waals surface area contributed by atoms with Crippen molar-refractivity contribution in [3.63, 3.8) is 0 Å². The number of nitro groups is 1. The van der Waals surface area contributed by atoms with E-state index in [0.29, 0.717) is 12.5 Å². The molecule has 0 heterocycles. The van der Waals surface area contributed by atoms with Gasteiger partial charge in [0.2, 0.25) is 5.91 Å².